The number of anilines is 3. The fraction of sp³-hybridized carbons (Fsp3) is 0.167. The standard InChI is InChI=1S/C12H9Br2F3N4/c1-18-9-5-10(21-11(20-9)12(15,16)17)19-8-4-6(13)2-3-7(8)14/h2-5H,1H3,(H2,18,19,20,21). The van der Waals surface area contributed by atoms with Crippen molar-refractivity contribution in [3.05, 3.63) is 39.0 Å². The lowest BCUT2D eigenvalue weighted by Gasteiger charge is -2.12. The smallest absolute Gasteiger partial charge is 0.373 e. The molecule has 0 spiro atoms. The Hall–Kier alpha value is -1.35. The van der Waals surface area contributed by atoms with Gasteiger partial charge in [-0.2, -0.15) is 13.2 Å². The van der Waals surface area contributed by atoms with Crippen LogP contribution in [0.3, 0.4) is 0 Å². The molecule has 0 unspecified atom stereocenters. The molecule has 0 aliphatic carbocycles. The molecule has 2 N–H and O–H groups in total. The molecule has 0 aliphatic heterocycles. The van der Waals surface area contributed by atoms with Crippen molar-refractivity contribution in [1.82, 2.24) is 9.97 Å². The monoisotopic (exact) mass is 424 g/mol. The Labute approximate surface area is 135 Å². The second kappa shape index (κ2) is 6.18. The molecular formula is C12H9Br2F3N4. The molecule has 1 heterocycles. The lowest BCUT2D eigenvalue weighted by atomic mass is 10.3. The number of aromatic nitrogens is 2. The van der Waals surface area contributed by atoms with Gasteiger partial charge in [-0.3, -0.25) is 0 Å². The second-order valence-electron chi connectivity index (χ2n) is 3.96. The topological polar surface area (TPSA) is 49.8 Å². The number of nitrogens with zero attached hydrogens (tertiary/aromatic N) is 2. The van der Waals surface area contributed by atoms with Gasteiger partial charge >= 0.3 is 6.18 Å². The summed E-state index contributed by atoms with van der Waals surface area (Å²) in [6.07, 6.45) is -4.61. The summed E-state index contributed by atoms with van der Waals surface area (Å²) in [5, 5.41) is 5.41. The maximum absolute atomic E-state index is 12.8. The summed E-state index contributed by atoms with van der Waals surface area (Å²) >= 11 is 6.62. The van der Waals surface area contributed by atoms with Crippen LogP contribution in [0, 0.1) is 0 Å². The number of alkyl halides is 3. The summed E-state index contributed by atoms with van der Waals surface area (Å²) < 4.78 is 39.8. The zero-order chi connectivity index (χ0) is 15.6. The van der Waals surface area contributed by atoms with Crippen LogP contribution in [0.15, 0.2) is 33.2 Å². The van der Waals surface area contributed by atoms with Gasteiger partial charge in [0.2, 0.25) is 5.82 Å². The average Bonchev–Trinajstić information content (AvgIpc) is 2.41. The molecule has 21 heavy (non-hydrogen) atoms. The van der Waals surface area contributed by atoms with Gasteiger partial charge in [0.25, 0.3) is 0 Å². The molecule has 2 rings (SSSR count). The fourth-order valence-electron chi connectivity index (χ4n) is 1.50. The van der Waals surface area contributed by atoms with Gasteiger partial charge in [0.05, 0.1) is 5.69 Å². The van der Waals surface area contributed by atoms with Crippen molar-refractivity contribution in [3.8, 4) is 0 Å². The van der Waals surface area contributed by atoms with Crippen molar-refractivity contribution >= 4 is 49.2 Å². The predicted octanol–water partition coefficient (Wildman–Crippen LogP) is 4.81. The summed E-state index contributed by atoms with van der Waals surface area (Å²) in [7, 11) is 1.49. The van der Waals surface area contributed by atoms with E-state index in [0.717, 1.165) is 4.47 Å². The van der Waals surface area contributed by atoms with E-state index >= 15 is 0 Å². The van der Waals surface area contributed by atoms with Crippen LogP contribution in [-0.2, 0) is 6.18 Å². The lowest BCUT2D eigenvalue weighted by Crippen LogP contribution is -2.13. The molecule has 9 heteroatoms. The van der Waals surface area contributed by atoms with Crippen LogP contribution in [0.2, 0.25) is 0 Å². The minimum Gasteiger partial charge on any atom is -0.373 e. The minimum absolute atomic E-state index is 0.0421. The van der Waals surface area contributed by atoms with Crippen molar-refractivity contribution in [3.63, 3.8) is 0 Å². The van der Waals surface area contributed by atoms with E-state index < -0.39 is 12.0 Å². The van der Waals surface area contributed by atoms with Gasteiger partial charge < -0.3 is 10.6 Å². The van der Waals surface area contributed by atoms with Gasteiger partial charge in [0, 0.05) is 22.1 Å². The minimum atomic E-state index is -4.61. The third kappa shape index (κ3) is 4.07. The van der Waals surface area contributed by atoms with Crippen LogP contribution in [0.4, 0.5) is 30.5 Å². The number of halogens is 5. The Balaban J connectivity index is 2.42. The first-order valence-electron chi connectivity index (χ1n) is 5.65. The molecule has 0 radical (unpaired) electrons. The Morgan fingerprint density at radius 3 is 2.33 bits per heavy atom. The van der Waals surface area contributed by atoms with E-state index in [0.29, 0.717) is 10.2 Å². The van der Waals surface area contributed by atoms with Gasteiger partial charge in [-0.15, -0.1) is 0 Å². The number of rotatable bonds is 3. The molecule has 4 nitrogen and oxygen atoms in total. The van der Waals surface area contributed by atoms with Crippen molar-refractivity contribution in [1.29, 1.82) is 0 Å². The highest BCUT2D eigenvalue weighted by Gasteiger charge is 2.35. The van der Waals surface area contributed by atoms with Crippen molar-refractivity contribution in [2.75, 3.05) is 17.7 Å². The molecule has 0 aliphatic rings. The van der Waals surface area contributed by atoms with E-state index in [1.807, 2.05) is 0 Å². The quantitative estimate of drug-likeness (QED) is 0.741. The highest BCUT2D eigenvalue weighted by Crippen LogP contribution is 2.31. The first-order chi connectivity index (χ1) is 9.79. The Kier molecular flexibility index (Phi) is 4.72. The maximum atomic E-state index is 12.8. The van der Waals surface area contributed by atoms with E-state index in [4.69, 9.17) is 0 Å². The Morgan fingerprint density at radius 1 is 1.05 bits per heavy atom. The molecule has 0 saturated heterocycles. The zero-order valence-electron chi connectivity index (χ0n) is 10.6. The summed E-state index contributed by atoms with van der Waals surface area (Å²) in [5.41, 5.74) is 0.582. The molecule has 0 amide bonds. The van der Waals surface area contributed by atoms with Crippen LogP contribution >= 0.6 is 31.9 Å². The summed E-state index contributed by atoms with van der Waals surface area (Å²) in [6, 6.07) is 6.67. The van der Waals surface area contributed by atoms with Crippen LogP contribution in [0.25, 0.3) is 0 Å². The van der Waals surface area contributed by atoms with E-state index in [2.05, 4.69) is 52.5 Å². The van der Waals surface area contributed by atoms with Crippen LogP contribution in [-0.4, -0.2) is 17.0 Å². The SMILES string of the molecule is CNc1cc(Nc2cc(Br)ccc2Br)nc(C(F)(F)F)n1. The summed E-state index contributed by atoms with van der Waals surface area (Å²) in [4.78, 5) is 6.89. The Bertz CT molecular complexity index is 661. The van der Waals surface area contributed by atoms with Crippen LogP contribution < -0.4 is 10.6 Å². The van der Waals surface area contributed by atoms with E-state index in [1.54, 1.807) is 18.2 Å². The third-order valence-electron chi connectivity index (χ3n) is 2.43. The van der Waals surface area contributed by atoms with Crippen LogP contribution in [0.1, 0.15) is 5.82 Å². The Morgan fingerprint density at radius 2 is 1.71 bits per heavy atom. The number of nitrogens with one attached hydrogen (secondary N) is 2. The van der Waals surface area contributed by atoms with Gasteiger partial charge in [-0.25, -0.2) is 9.97 Å². The second-order valence-corrected chi connectivity index (χ2v) is 5.73. The lowest BCUT2D eigenvalue weighted by molar-refractivity contribution is -0.144. The van der Waals surface area contributed by atoms with Crippen molar-refractivity contribution in [2.45, 2.75) is 6.18 Å². The van der Waals surface area contributed by atoms with Gasteiger partial charge in [0.1, 0.15) is 11.6 Å². The highest BCUT2D eigenvalue weighted by molar-refractivity contribution is 9.11. The molecule has 0 atom stereocenters. The number of hydrogen-bond acceptors (Lipinski definition) is 4. The van der Waals surface area contributed by atoms with Gasteiger partial charge in [-0.05, 0) is 34.1 Å². The van der Waals surface area contributed by atoms with Gasteiger partial charge in [0.15, 0.2) is 0 Å². The van der Waals surface area contributed by atoms with E-state index in [9.17, 15) is 13.2 Å². The number of hydrogen-bond donors (Lipinski definition) is 2. The molecule has 112 valence electrons. The highest BCUT2D eigenvalue weighted by atomic mass is 79.9. The first-order valence-corrected chi connectivity index (χ1v) is 7.24. The fourth-order valence-corrected chi connectivity index (χ4v) is 2.20. The molecule has 0 fully saturated rings. The van der Waals surface area contributed by atoms with E-state index in [1.165, 1.54) is 13.1 Å². The molecule has 1 aromatic heterocycles. The summed E-state index contributed by atoms with van der Waals surface area (Å²) in [6.45, 7) is 0. The molecule has 0 bridgehead atoms. The van der Waals surface area contributed by atoms with Crippen molar-refractivity contribution in [2.24, 2.45) is 0 Å². The maximum Gasteiger partial charge on any atom is 0.451 e. The third-order valence-corrected chi connectivity index (χ3v) is 3.61. The molecule has 0 saturated carbocycles. The zero-order valence-corrected chi connectivity index (χ0v) is 13.8. The molecule has 1 aromatic carbocycles. The first kappa shape index (κ1) is 16.0. The molecule has 2 aromatic rings. The van der Waals surface area contributed by atoms with E-state index in [-0.39, 0.29) is 11.6 Å². The van der Waals surface area contributed by atoms with Crippen molar-refractivity contribution < 1.29 is 13.2 Å². The predicted molar refractivity (Wildman–Crippen MR) is 81.7 cm³/mol. The largest absolute Gasteiger partial charge is 0.451 e. The molecular weight excluding hydrogens is 417 g/mol. The average molecular weight is 426 g/mol. The normalized spacial score (nSPS) is 11.3. The van der Waals surface area contributed by atoms with Crippen LogP contribution in [0.5, 0.6) is 0 Å². The number of benzene rings is 1. The summed E-state index contributed by atoms with van der Waals surface area (Å²) in [5.74, 6) is -1.09. The van der Waals surface area contributed by atoms with Gasteiger partial charge in [-0.1, -0.05) is 15.9 Å².